The average molecular weight is 349 g/mol. The summed E-state index contributed by atoms with van der Waals surface area (Å²) in [4.78, 5) is 4.82. The van der Waals surface area contributed by atoms with Gasteiger partial charge in [0.1, 0.15) is 0 Å². The van der Waals surface area contributed by atoms with Crippen LogP contribution < -0.4 is 0 Å². The monoisotopic (exact) mass is 349 g/mol. The van der Waals surface area contributed by atoms with Gasteiger partial charge in [0, 0.05) is 25.0 Å². The molecule has 0 aliphatic rings. The molecule has 5 rings (SSSR count). The molecule has 0 unspecified atom stereocenters. The SMILES string of the molecule is Cn1c(-c2ccc(-c3ccccc3)cc2)cn2cc(-c3ccccc3)nc12. The number of nitrogens with zero attached hydrogens (tertiary/aromatic N) is 3. The third-order valence-corrected chi connectivity index (χ3v) is 4.99. The Labute approximate surface area is 158 Å². The summed E-state index contributed by atoms with van der Waals surface area (Å²) in [6, 6.07) is 29.4. The van der Waals surface area contributed by atoms with Gasteiger partial charge in [-0.05, 0) is 16.7 Å². The van der Waals surface area contributed by atoms with Crippen LogP contribution in [-0.4, -0.2) is 14.0 Å². The van der Waals surface area contributed by atoms with Crippen molar-refractivity contribution in [3.63, 3.8) is 0 Å². The maximum atomic E-state index is 4.82. The van der Waals surface area contributed by atoms with Gasteiger partial charge in [0.15, 0.2) is 0 Å². The lowest BCUT2D eigenvalue weighted by atomic mass is 10.0. The van der Waals surface area contributed by atoms with Crippen LogP contribution >= 0.6 is 0 Å². The van der Waals surface area contributed by atoms with Crippen molar-refractivity contribution in [2.75, 3.05) is 0 Å². The minimum Gasteiger partial charge on any atom is -0.313 e. The highest BCUT2D eigenvalue weighted by Crippen LogP contribution is 2.27. The fraction of sp³-hybridized carbons (Fsp3) is 0.0417. The number of imidazole rings is 2. The van der Waals surface area contributed by atoms with Gasteiger partial charge in [0.25, 0.3) is 0 Å². The zero-order valence-corrected chi connectivity index (χ0v) is 15.1. The van der Waals surface area contributed by atoms with Gasteiger partial charge < -0.3 is 4.57 Å². The Bertz CT molecular complexity index is 1200. The van der Waals surface area contributed by atoms with Gasteiger partial charge >= 0.3 is 0 Å². The predicted octanol–water partition coefficient (Wildman–Crippen LogP) is 5.67. The highest BCUT2D eigenvalue weighted by Gasteiger charge is 2.12. The van der Waals surface area contributed by atoms with Gasteiger partial charge in [-0.25, -0.2) is 4.98 Å². The molecule has 2 heterocycles. The molecule has 3 nitrogen and oxygen atoms in total. The van der Waals surface area contributed by atoms with E-state index in [1.165, 1.54) is 16.7 Å². The molecule has 0 fully saturated rings. The predicted molar refractivity (Wildman–Crippen MR) is 110 cm³/mol. The van der Waals surface area contributed by atoms with E-state index in [4.69, 9.17) is 4.98 Å². The van der Waals surface area contributed by atoms with Crippen LogP contribution in [0.5, 0.6) is 0 Å². The van der Waals surface area contributed by atoms with Crippen LogP contribution in [-0.2, 0) is 7.05 Å². The molecule has 0 bridgehead atoms. The van der Waals surface area contributed by atoms with Crippen molar-refractivity contribution in [2.24, 2.45) is 7.05 Å². The first-order valence-corrected chi connectivity index (χ1v) is 9.05. The highest BCUT2D eigenvalue weighted by atomic mass is 15.2. The zero-order valence-electron chi connectivity index (χ0n) is 15.1. The zero-order chi connectivity index (χ0) is 18.2. The Kier molecular flexibility index (Phi) is 3.65. The number of rotatable bonds is 3. The minimum absolute atomic E-state index is 0.941. The topological polar surface area (TPSA) is 22.2 Å². The van der Waals surface area contributed by atoms with Gasteiger partial charge in [0.05, 0.1) is 11.4 Å². The van der Waals surface area contributed by atoms with Crippen LogP contribution in [0.25, 0.3) is 39.4 Å². The van der Waals surface area contributed by atoms with Crippen LogP contribution in [0.2, 0.25) is 0 Å². The summed E-state index contributed by atoms with van der Waals surface area (Å²) in [6.07, 6.45) is 4.23. The fourth-order valence-electron chi connectivity index (χ4n) is 3.53. The molecule has 0 aliphatic carbocycles. The Balaban J connectivity index is 1.52. The number of aromatic nitrogens is 3. The molecule has 0 radical (unpaired) electrons. The van der Waals surface area contributed by atoms with Gasteiger partial charge in [-0.1, -0.05) is 84.9 Å². The average Bonchev–Trinajstić information content (AvgIpc) is 3.29. The molecular weight excluding hydrogens is 330 g/mol. The van der Waals surface area contributed by atoms with Gasteiger partial charge in [-0.15, -0.1) is 0 Å². The van der Waals surface area contributed by atoms with Crippen molar-refractivity contribution < 1.29 is 0 Å². The third kappa shape index (κ3) is 2.74. The van der Waals surface area contributed by atoms with Crippen LogP contribution in [0.3, 0.4) is 0 Å². The Morgan fingerprint density at radius 1 is 0.593 bits per heavy atom. The summed E-state index contributed by atoms with van der Waals surface area (Å²) in [5.41, 5.74) is 6.92. The van der Waals surface area contributed by atoms with E-state index in [9.17, 15) is 0 Å². The number of fused-ring (bicyclic) bond motifs is 1. The van der Waals surface area contributed by atoms with Crippen molar-refractivity contribution in [3.8, 4) is 33.6 Å². The lowest BCUT2D eigenvalue weighted by Gasteiger charge is -2.05. The maximum absolute atomic E-state index is 4.82. The summed E-state index contributed by atoms with van der Waals surface area (Å²) in [5, 5.41) is 0. The second kappa shape index (κ2) is 6.29. The smallest absolute Gasteiger partial charge is 0.214 e. The second-order valence-corrected chi connectivity index (χ2v) is 6.72. The highest BCUT2D eigenvalue weighted by molar-refractivity contribution is 5.71. The van der Waals surface area contributed by atoms with Crippen LogP contribution in [0.4, 0.5) is 0 Å². The van der Waals surface area contributed by atoms with Crippen LogP contribution in [0.1, 0.15) is 0 Å². The third-order valence-electron chi connectivity index (χ3n) is 4.99. The van der Waals surface area contributed by atoms with Crippen molar-refractivity contribution in [1.29, 1.82) is 0 Å². The summed E-state index contributed by atoms with van der Waals surface area (Å²) in [5.74, 6) is 0.941. The minimum atomic E-state index is 0.941. The Hall–Kier alpha value is -3.59. The van der Waals surface area contributed by atoms with E-state index in [-0.39, 0.29) is 0 Å². The number of hydrogen-bond acceptors (Lipinski definition) is 1. The molecule has 3 aromatic carbocycles. The Morgan fingerprint density at radius 3 is 1.78 bits per heavy atom. The lowest BCUT2D eigenvalue weighted by Crippen LogP contribution is -1.92. The molecule has 3 heteroatoms. The molecule has 130 valence electrons. The first-order valence-electron chi connectivity index (χ1n) is 9.05. The number of hydrogen-bond donors (Lipinski definition) is 0. The van der Waals surface area contributed by atoms with Crippen LogP contribution in [0.15, 0.2) is 97.3 Å². The second-order valence-electron chi connectivity index (χ2n) is 6.72. The lowest BCUT2D eigenvalue weighted by molar-refractivity contribution is 0.945. The van der Waals surface area contributed by atoms with Gasteiger partial charge in [-0.3, -0.25) is 4.40 Å². The standard InChI is InChI=1S/C24H19N3/c1-26-23(21-14-12-19(13-15-21)18-8-4-2-5-9-18)17-27-16-22(25-24(26)27)20-10-6-3-7-11-20/h2-17H,1H3. The summed E-state index contributed by atoms with van der Waals surface area (Å²) in [7, 11) is 2.07. The van der Waals surface area contributed by atoms with E-state index in [2.05, 4.69) is 89.1 Å². The molecule has 2 aromatic heterocycles. The molecule has 0 saturated heterocycles. The molecule has 0 aliphatic heterocycles. The first-order chi connectivity index (χ1) is 13.3. The molecule has 0 N–H and O–H groups in total. The van der Waals surface area contributed by atoms with E-state index < -0.39 is 0 Å². The molecular formula is C24H19N3. The Morgan fingerprint density at radius 2 is 1.15 bits per heavy atom. The largest absolute Gasteiger partial charge is 0.313 e. The summed E-state index contributed by atoms with van der Waals surface area (Å²) in [6.45, 7) is 0. The van der Waals surface area contributed by atoms with Crippen molar-refractivity contribution in [3.05, 3.63) is 97.3 Å². The van der Waals surface area contributed by atoms with Gasteiger partial charge in [-0.2, -0.15) is 0 Å². The van der Waals surface area contributed by atoms with Gasteiger partial charge in [0.2, 0.25) is 5.78 Å². The van der Waals surface area contributed by atoms with Crippen molar-refractivity contribution in [1.82, 2.24) is 14.0 Å². The van der Waals surface area contributed by atoms with Crippen LogP contribution in [0, 0.1) is 0 Å². The molecule has 5 aromatic rings. The first kappa shape index (κ1) is 15.6. The van der Waals surface area contributed by atoms with E-state index >= 15 is 0 Å². The van der Waals surface area contributed by atoms with E-state index in [1.54, 1.807) is 0 Å². The molecule has 0 saturated carbocycles. The molecule has 27 heavy (non-hydrogen) atoms. The molecule has 0 amide bonds. The van der Waals surface area contributed by atoms with E-state index in [1.807, 2.05) is 24.3 Å². The quantitative estimate of drug-likeness (QED) is 0.411. The fourth-order valence-corrected chi connectivity index (χ4v) is 3.53. The van der Waals surface area contributed by atoms with Crippen molar-refractivity contribution in [2.45, 2.75) is 0 Å². The summed E-state index contributed by atoms with van der Waals surface area (Å²) >= 11 is 0. The molecule has 0 spiro atoms. The number of benzene rings is 3. The normalized spacial score (nSPS) is 11.1. The molecule has 0 atom stereocenters. The van der Waals surface area contributed by atoms with E-state index in [0.717, 1.165) is 22.7 Å². The maximum Gasteiger partial charge on any atom is 0.214 e. The summed E-state index contributed by atoms with van der Waals surface area (Å²) < 4.78 is 4.24. The van der Waals surface area contributed by atoms with E-state index in [0.29, 0.717) is 0 Å². The van der Waals surface area contributed by atoms with Crippen molar-refractivity contribution >= 4 is 5.78 Å². The number of aryl methyl sites for hydroxylation is 1.